The van der Waals surface area contributed by atoms with E-state index in [0.717, 1.165) is 5.56 Å². The smallest absolute Gasteiger partial charge is 0.323 e. The maximum Gasteiger partial charge on any atom is 0.323 e. The fraction of sp³-hybridized carbons (Fsp3) is 0.579. The fourth-order valence-corrected chi connectivity index (χ4v) is 2.04. The summed E-state index contributed by atoms with van der Waals surface area (Å²) in [6.45, 7) is 11.7. The van der Waals surface area contributed by atoms with Crippen LogP contribution in [-0.4, -0.2) is 23.3 Å². The Morgan fingerprint density at radius 2 is 1.61 bits per heavy atom. The third-order valence-corrected chi connectivity index (χ3v) is 3.34. The molecule has 0 saturated heterocycles. The maximum absolute atomic E-state index is 12.4. The van der Waals surface area contributed by atoms with E-state index in [1.807, 2.05) is 71.9 Å². The lowest BCUT2D eigenvalue weighted by Gasteiger charge is -2.28. The Balaban J connectivity index is 2.74. The molecule has 1 aromatic carbocycles. The molecule has 128 valence electrons. The molecule has 0 unspecified atom stereocenters. The molecule has 1 aromatic rings. The second kappa shape index (κ2) is 7.73. The highest BCUT2D eigenvalue weighted by molar-refractivity contribution is 5.89. The Labute approximate surface area is 139 Å². The number of rotatable bonds is 6. The summed E-state index contributed by atoms with van der Waals surface area (Å²) in [6, 6.07) is 8.89. The Morgan fingerprint density at radius 3 is 2.09 bits per heavy atom. The predicted octanol–water partition coefficient (Wildman–Crippen LogP) is 3.49. The standard InChI is InChI=1S/C19H29NO3/c1-18(2,3)16(21)12-15(20-19(4,5)6)17(22)23-13-14-10-8-7-9-11-14/h7-11,15,20H,12-13H2,1-6H3/t15-/m0/s1. The average molecular weight is 319 g/mol. The molecule has 0 aliphatic heterocycles. The third-order valence-electron chi connectivity index (χ3n) is 3.34. The molecule has 1 rings (SSSR count). The van der Waals surface area contributed by atoms with Crippen molar-refractivity contribution in [2.45, 2.75) is 66.2 Å². The SMILES string of the molecule is CC(C)(C)N[C@@H](CC(=O)C(C)(C)C)C(=O)OCc1ccccc1. The van der Waals surface area contributed by atoms with Gasteiger partial charge in [0.05, 0.1) is 0 Å². The van der Waals surface area contributed by atoms with Crippen LogP contribution >= 0.6 is 0 Å². The first-order chi connectivity index (χ1) is 10.5. The van der Waals surface area contributed by atoms with Crippen LogP contribution in [0.4, 0.5) is 0 Å². The zero-order chi connectivity index (χ0) is 17.7. The first kappa shape index (κ1) is 19.4. The lowest BCUT2D eigenvalue weighted by Crippen LogP contribution is -2.50. The third kappa shape index (κ3) is 7.42. The van der Waals surface area contributed by atoms with Gasteiger partial charge in [0.2, 0.25) is 0 Å². The van der Waals surface area contributed by atoms with Crippen LogP contribution in [0.5, 0.6) is 0 Å². The van der Waals surface area contributed by atoms with Crippen molar-refractivity contribution in [2.24, 2.45) is 5.41 Å². The summed E-state index contributed by atoms with van der Waals surface area (Å²) in [5.41, 5.74) is 0.170. The lowest BCUT2D eigenvalue weighted by molar-refractivity contribution is -0.150. The van der Waals surface area contributed by atoms with Gasteiger partial charge >= 0.3 is 5.97 Å². The molecule has 0 heterocycles. The van der Waals surface area contributed by atoms with E-state index in [1.54, 1.807) is 0 Å². The van der Waals surface area contributed by atoms with E-state index in [0.29, 0.717) is 0 Å². The van der Waals surface area contributed by atoms with Gasteiger partial charge in [-0.05, 0) is 26.3 Å². The molecule has 0 spiro atoms. The van der Waals surface area contributed by atoms with E-state index in [-0.39, 0.29) is 30.3 Å². The van der Waals surface area contributed by atoms with Gasteiger partial charge in [0.1, 0.15) is 18.4 Å². The summed E-state index contributed by atoms with van der Waals surface area (Å²) in [7, 11) is 0. The van der Waals surface area contributed by atoms with E-state index in [9.17, 15) is 9.59 Å². The van der Waals surface area contributed by atoms with Crippen LogP contribution in [0.25, 0.3) is 0 Å². The number of hydrogen-bond donors (Lipinski definition) is 1. The summed E-state index contributed by atoms with van der Waals surface area (Å²) in [5, 5.41) is 3.20. The summed E-state index contributed by atoms with van der Waals surface area (Å²) in [5.74, 6) is -0.350. The highest BCUT2D eigenvalue weighted by Crippen LogP contribution is 2.19. The van der Waals surface area contributed by atoms with Gasteiger partial charge in [0.15, 0.2) is 0 Å². The van der Waals surface area contributed by atoms with E-state index >= 15 is 0 Å². The number of ether oxygens (including phenoxy) is 1. The Kier molecular flexibility index (Phi) is 6.51. The van der Waals surface area contributed by atoms with Gasteiger partial charge in [-0.25, -0.2) is 0 Å². The van der Waals surface area contributed by atoms with Crippen LogP contribution in [0.2, 0.25) is 0 Å². The molecule has 0 aliphatic rings. The van der Waals surface area contributed by atoms with Gasteiger partial charge in [0, 0.05) is 17.4 Å². The molecule has 1 atom stereocenters. The largest absolute Gasteiger partial charge is 0.460 e. The normalized spacial score (nSPS) is 13.5. The summed E-state index contributed by atoms with van der Waals surface area (Å²) < 4.78 is 5.40. The van der Waals surface area contributed by atoms with Crippen molar-refractivity contribution in [1.82, 2.24) is 5.32 Å². The predicted molar refractivity (Wildman–Crippen MR) is 92.0 cm³/mol. The quantitative estimate of drug-likeness (QED) is 0.816. The Bertz CT molecular complexity index is 524. The second-order valence-corrected chi connectivity index (χ2v) is 7.92. The molecule has 0 fully saturated rings. The van der Waals surface area contributed by atoms with Crippen molar-refractivity contribution in [3.8, 4) is 0 Å². The number of ketones is 1. The van der Waals surface area contributed by atoms with Gasteiger partial charge < -0.3 is 4.74 Å². The summed E-state index contributed by atoms with van der Waals surface area (Å²) in [6.07, 6.45) is 0.133. The lowest BCUT2D eigenvalue weighted by atomic mass is 9.86. The van der Waals surface area contributed by atoms with Crippen LogP contribution in [0.3, 0.4) is 0 Å². The van der Waals surface area contributed by atoms with Gasteiger partial charge in [-0.15, -0.1) is 0 Å². The van der Waals surface area contributed by atoms with Crippen LogP contribution in [0, 0.1) is 5.41 Å². The zero-order valence-corrected chi connectivity index (χ0v) is 15.1. The average Bonchev–Trinajstić information content (AvgIpc) is 2.42. The molecule has 1 N–H and O–H groups in total. The molecule has 4 nitrogen and oxygen atoms in total. The first-order valence-electron chi connectivity index (χ1n) is 8.00. The zero-order valence-electron chi connectivity index (χ0n) is 15.1. The van der Waals surface area contributed by atoms with Gasteiger partial charge in [-0.1, -0.05) is 51.1 Å². The fourth-order valence-electron chi connectivity index (χ4n) is 2.04. The number of esters is 1. The maximum atomic E-state index is 12.4. The molecule has 23 heavy (non-hydrogen) atoms. The summed E-state index contributed by atoms with van der Waals surface area (Å²) in [4.78, 5) is 24.7. The number of hydrogen-bond acceptors (Lipinski definition) is 4. The van der Waals surface area contributed by atoms with Gasteiger partial charge in [-0.2, -0.15) is 0 Å². The van der Waals surface area contributed by atoms with E-state index in [1.165, 1.54) is 0 Å². The first-order valence-corrected chi connectivity index (χ1v) is 8.00. The monoisotopic (exact) mass is 319 g/mol. The van der Waals surface area contributed by atoms with Crippen molar-refractivity contribution in [3.05, 3.63) is 35.9 Å². The van der Waals surface area contributed by atoms with Crippen molar-refractivity contribution < 1.29 is 14.3 Å². The number of Topliss-reactive ketones (excluding diaryl/α,β-unsaturated/α-hetero) is 1. The minimum absolute atomic E-state index is 0.0379. The highest BCUT2D eigenvalue weighted by atomic mass is 16.5. The molecule has 4 heteroatoms. The molecular weight excluding hydrogens is 290 g/mol. The molecule has 0 aliphatic carbocycles. The number of carbonyl (C=O) groups excluding carboxylic acids is 2. The van der Waals surface area contributed by atoms with Crippen molar-refractivity contribution in [3.63, 3.8) is 0 Å². The van der Waals surface area contributed by atoms with E-state index < -0.39 is 11.5 Å². The van der Waals surface area contributed by atoms with Crippen LogP contribution in [0.15, 0.2) is 30.3 Å². The molecule has 0 saturated carbocycles. The van der Waals surface area contributed by atoms with Crippen LogP contribution in [-0.2, 0) is 20.9 Å². The number of nitrogens with one attached hydrogen (secondary N) is 1. The van der Waals surface area contributed by atoms with E-state index in [4.69, 9.17) is 4.74 Å². The summed E-state index contributed by atoms with van der Waals surface area (Å²) >= 11 is 0. The molecule has 0 aromatic heterocycles. The molecule has 0 radical (unpaired) electrons. The van der Waals surface area contributed by atoms with Crippen LogP contribution < -0.4 is 5.32 Å². The second-order valence-electron chi connectivity index (χ2n) is 7.92. The van der Waals surface area contributed by atoms with Gasteiger partial charge in [-0.3, -0.25) is 14.9 Å². The number of carbonyl (C=O) groups is 2. The van der Waals surface area contributed by atoms with Gasteiger partial charge in [0.25, 0.3) is 0 Å². The van der Waals surface area contributed by atoms with Crippen molar-refractivity contribution in [1.29, 1.82) is 0 Å². The van der Waals surface area contributed by atoms with Crippen molar-refractivity contribution >= 4 is 11.8 Å². The highest BCUT2D eigenvalue weighted by Gasteiger charge is 2.31. The van der Waals surface area contributed by atoms with Crippen LogP contribution in [0.1, 0.15) is 53.5 Å². The Hall–Kier alpha value is -1.68. The van der Waals surface area contributed by atoms with Crippen molar-refractivity contribution in [2.75, 3.05) is 0 Å². The van der Waals surface area contributed by atoms with E-state index in [2.05, 4.69) is 5.32 Å². The topological polar surface area (TPSA) is 55.4 Å². The Morgan fingerprint density at radius 1 is 1.04 bits per heavy atom. The molecular formula is C19H29NO3. The minimum Gasteiger partial charge on any atom is -0.460 e. The molecule has 0 amide bonds. The number of benzene rings is 1. The molecule has 0 bridgehead atoms. The minimum atomic E-state index is -0.634.